The standard InChI is InChI=1S/C17H14Cl2N2O2S2/c1-11-5-3-4-6-14(11)20-17-21(2)15(10-24-17)12-7-8-13(18)16(9-12)25(19,22)23/h3-10H,1-2H3. The largest absolute Gasteiger partial charge is 0.320 e. The van der Waals surface area contributed by atoms with E-state index in [1.807, 2.05) is 48.2 Å². The first-order valence-corrected chi connectivity index (χ1v) is 10.8. The number of nitrogens with zero attached hydrogens (tertiary/aromatic N) is 2. The average Bonchev–Trinajstić information content (AvgIpc) is 2.90. The van der Waals surface area contributed by atoms with Crippen LogP contribution in [0.3, 0.4) is 0 Å². The maximum atomic E-state index is 11.7. The number of aromatic nitrogens is 1. The summed E-state index contributed by atoms with van der Waals surface area (Å²) in [6.07, 6.45) is 0. The van der Waals surface area contributed by atoms with Crippen molar-refractivity contribution < 1.29 is 8.42 Å². The Hall–Kier alpha value is -1.60. The van der Waals surface area contributed by atoms with E-state index in [1.54, 1.807) is 6.07 Å². The van der Waals surface area contributed by atoms with E-state index < -0.39 is 9.05 Å². The van der Waals surface area contributed by atoms with Crippen molar-refractivity contribution in [2.75, 3.05) is 0 Å². The maximum Gasteiger partial charge on any atom is 0.262 e. The van der Waals surface area contributed by atoms with Crippen LogP contribution in [-0.2, 0) is 16.1 Å². The monoisotopic (exact) mass is 412 g/mol. The molecule has 3 aromatic rings. The molecule has 0 radical (unpaired) electrons. The normalized spacial score (nSPS) is 12.6. The fourth-order valence-electron chi connectivity index (χ4n) is 2.37. The van der Waals surface area contributed by atoms with Crippen LogP contribution >= 0.6 is 33.6 Å². The summed E-state index contributed by atoms with van der Waals surface area (Å²) in [5, 5.41) is 2.02. The molecule has 0 atom stereocenters. The van der Waals surface area contributed by atoms with E-state index in [1.165, 1.54) is 23.5 Å². The van der Waals surface area contributed by atoms with Gasteiger partial charge in [0.25, 0.3) is 9.05 Å². The number of benzene rings is 2. The zero-order valence-electron chi connectivity index (χ0n) is 13.4. The van der Waals surface area contributed by atoms with Gasteiger partial charge in [-0.3, -0.25) is 0 Å². The number of thiazole rings is 1. The molecule has 8 heteroatoms. The minimum atomic E-state index is -3.91. The van der Waals surface area contributed by atoms with E-state index in [0.29, 0.717) is 5.56 Å². The van der Waals surface area contributed by atoms with Gasteiger partial charge in [-0.25, -0.2) is 13.4 Å². The summed E-state index contributed by atoms with van der Waals surface area (Å²) in [4.78, 5) is 5.39. The van der Waals surface area contributed by atoms with Gasteiger partial charge in [0.15, 0.2) is 4.80 Å². The Bertz CT molecular complexity index is 1120. The van der Waals surface area contributed by atoms with Crippen LogP contribution in [0.5, 0.6) is 0 Å². The van der Waals surface area contributed by atoms with Crippen molar-refractivity contribution in [1.82, 2.24) is 4.57 Å². The predicted molar refractivity (Wildman–Crippen MR) is 103 cm³/mol. The Balaban J connectivity index is 2.13. The molecule has 0 aliphatic rings. The minimum Gasteiger partial charge on any atom is -0.320 e. The van der Waals surface area contributed by atoms with Crippen LogP contribution in [-0.4, -0.2) is 13.0 Å². The molecule has 0 saturated carbocycles. The van der Waals surface area contributed by atoms with Crippen molar-refractivity contribution in [3.8, 4) is 11.3 Å². The van der Waals surface area contributed by atoms with Crippen molar-refractivity contribution in [2.45, 2.75) is 11.8 Å². The number of aryl methyl sites for hydroxylation is 1. The topological polar surface area (TPSA) is 51.4 Å². The third-order valence-corrected chi connectivity index (χ3v) is 6.47. The van der Waals surface area contributed by atoms with Crippen LogP contribution in [0.25, 0.3) is 11.3 Å². The molecule has 0 unspecified atom stereocenters. The third-order valence-electron chi connectivity index (χ3n) is 3.75. The van der Waals surface area contributed by atoms with E-state index in [-0.39, 0.29) is 9.92 Å². The number of hydrogen-bond donors (Lipinski definition) is 0. The molecule has 0 fully saturated rings. The first kappa shape index (κ1) is 18.2. The Labute approximate surface area is 159 Å². The van der Waals surface area contributed by atoms with E-state index in [2.05, 4.69) is 4.99 Å². The maximum absolute atomic E-state index is 11.7. The van der Waals surface area contributed by atoms with Crippen LogP contribution in [0.1, 0.15) is 5.56 Å². The summed E-state index contributed by atoms with van der Waals surface area (Å²) in [5.74, 6) is 0. The lowest BCUT2D eigenvalue weighted by molar-refractivity contribution is 0.609. The molecule has 0 bridgehead atoms. The Morgan fingerprint density at radius 1 is 1.16 bits per heavy atom. The van der Waals surface area contributed by atoms with Crippen molar-refractivity contribution in [1.29, 1.82) is 0 Å². The highest BCUT2D eigenvalue weighted by Gasteiger charge is 2.17. The average molecular weight is 413 g/mol. The number of hydrogen-bond acceptors (Lipinski definition) is 4. The van der Waals surface area contributed by atoms with Gasteiger partial charge in [-0.2, -0.15) is 0 Å². The third kappa shape index (κ3) is 3.82. The number of para-hydroxylation sites is 1. The molecule has 25 heavy (non-hydrogen) atoms. The van der Waals surface area contributed by atoms with Gasteiger partial charge < -0.3 is 4.57 Å². The van der Waals surface area contributed by atoms with Gasteiger partial charge >= 0.3 is 0 Å². The summed E-state index contributed by atoms with van der Waals surface area (Å²) in [5.41, 5.74) is 3.51. The Morgan fingerprint density at radius 2 is 1.88 bits per heavy atom. The molecule has 0 aliphatic heterocycles. The zero-order chi connectivity index (χ0) is 18.2. The molecule has 0 saturated heterocycles. The lowest BCUT2D eigenvalue weighted by Gasteiger charge is -2.06. The molecular weight excluding hydrogens is 399 g/mol. The smallest absolute Gasteiger partial charge is 0.262 e. The fraction of sp³-hybridized carbons (Fsp3) is 0.118. The van der Waals surface area contributed by atoms with Gasteiger partial charge in [-0.05, 0) is 30.7 Å². The first-order chi connectivity index (χ1) is 11.8. The highest BCUT2D eigenvalue weighted by Crippen LogP contribution is 2.30. The molecule has 0 N–H and O–H groups in total. The van der Waals surface area contributed by atoms with Gasteiger partial charge in [-0.15, -0.1) is 11.3 Å². The molecule has 3 rings (SSSR count). The summed E-state index contributed by atoms with van der Waals surface area (Å²) in [6, 6.07) is 12.6. The highest BCUT2D eigenvalue weighted by atomic mass is 35.7. The van der Waals surface area contributed by atoms with Crippen molar-refractivity contribution in [3.05, 3.63) is 63.2 Å². The molecule has 2 aromatic carbocycles. The highest BCUT2D eigenvalue weighted by molar-refractivity contribution is 8.13. The zero-order valence-corrected chi connectivity index (χ0v) is 16.5. The van der Waals surface area contributed by atoms with Gasteiger partial charge in [0.05, 0.1) is 16.4 Å². The predicted octanol–water partition coefficient (Wildman–Crippen LogP) is 4.88. The molecule has 0 amide bonds. The van der Waals surface area contributed by atoms with Gasteiger partial charge in [0.1, 0.15) is 4.90 Å². The van der Waals surface area contributed by atoms with Gasteiger partial charge in [0, 0.05) is 28.7 Å². The number of halogens is 2. The quantitative estimate of drug-likeness (QED) is 0.575. The molecule has 0 aliphatic carbocycles. The second-order valence-electron chi connectivity index (χ2n) is 5.44. The summed E-state index contributed by atoms with van der Waals surface area (Å²) in [7, 11) is 3.43. The lowest BCUT2D eigenvalue weighted by atomic mass is 10.2. The Kier molecular flexibility index (Phi) is 5.06. The minimum absolute atomic E-state index is 0.0986. The molecule has 1 aromatic heterocycles. The van der Waals surface area contributed by atoms with Gasteiger partial charge in [-0.1, -0.05) is 35.9 Å². The van der Waals surface area contributed by atoms with Gasteiger partial charge in [0.2, 0.25) is 0 Å². The fourth-order valence-corrected chi connectivity index (χ4v) is 4.79. The van der Waals surface area contributed by atoms with Crippen molar-refractivity contribution in [3.63, 3.8) is 0 Å². The molecule has 1 heterocycles. The van der Waals surface area contributed by atoms with E-state index >= 15 is 0 Å². The summed E-state index contributed by atoms with van der Waals surface area (Å²) >= 11 is 7.42. The van der Waals surface area contributed by atoms with Crippen LogP contribution in [0.15, 0.2) is 57.7 Å². The SMILES string of the molecule is Cc1ccccc1N=c1scc(-c2ccc(Cl)c(S(=O)(=O)Cl)c2)n1C. The van der Waals surface area contributed by atoms with Crippen molar-refractivity contribution >= 4 is 48.4 Å². The molecule has 0 spiro atoms. The van der Waals surface area contributed by atoms with Crippen LogP contribution in [0.2, 0.25) is 5.02 Å². The summed E-state index contributed by atoms with van der Waals surface area (Å²) in [6.45, 7) is 2.00. The lowest BCUT2D eigenvalue weighted by Crippen LogP contribution is -2.11. The molecule has 130 valence electrons. The van der Waals surface area contributed by atoms with Crippen LogP contribution in [0.4, 0.5) is 5.69 Å². The van der Waals surface area contributed by atoms with Crippen LogP contribution < -0.4 is 4.80 Å². The molecule has 4 nitrogen and oxygen atoms in total. The van der Waals surface area contributed by atoms with E-state index in [4.69, 9.17) is 22.3 Å². The van der Waals surface area contributed by atoms with Crippen molar-refractivity contribution in [2.24, 2.45) is 12.0 Å². The molecular formula is C17H14Cl2N2O2S2. The second-order valence-corrected chi connectivity index (χ2v) is 9.22. The Morgan fingerprint density at radius 3 is 2.56 bits per heavy atom. The van der Waals surface area contributed by atoms with E-state index in [0.717, 1.165) is 21.7 Å². The summed E-state index contributed by atoms with van der Waals surface area (Å²) < 4.78 is 25.2. The first-order valence-electron chi connectivity index (χ1n) is 7.27. The van der Waals surface area contributed by atoms with E-state index in [9.17, 15) is 8.42 Å². The number of rotatable bonds is 3. The van der Waals surface area contributed by atoms with Crippen LogP contribution in [0, 0.1) is 6.92 Å². The second kappa shape index (κ2) is 6.96.